The smallest absolute Gasteiger partial charge is 0.337 e. The van der Waals surface area contributed by atoms with Crippen LogP contribution in [0.4, 0.5) is 0 Å². The Morgan fingerprint density at radius 3 is 2.57 bits per heavy atom. The molecule has 1 fully saturated rings. The molecule has 0 bridgehead atoms. The number of carbonyl (C=O) groups is 2. The predicted octanol–water partition coefficient (Wildman–Crippen LogP) is 4.26. The van der Waals surface area contributed by atoms with E-state index in [4.69, 9.17) is 27.6 Å². The Labute approximate surface area is 211 Å². The topological polar surface area (TPSA) is 129 Å². The predicted molar refractivity (Wildman–Crippen MR) is 130 cm³/mol. The van der Waals surface area contributed by atoms with Crippen molar-refractivity contribution in [3.63, 3.8) is 0 Å². The Morgan fingerprint density at radius 1 is 1.11 bits per heavy atom. The van der Waals surface area contributed by atoms with E-state index in [1.807, 2.05) is 0 Å². The van der Waals surface area contributed by atoms with Crippen LogP contribution in [0.1, 0.15) is 29.0 Å². The summed E-state index contributed by atoms with van der Waals surface area (Å²) in [5.41, 5.74) is 2.81. The van der Waals surface area contributed by atoms with Gasteiger partial charge in [-0.25, -0.2) is 18.6 Å². The molecule has 1 aliphatic rings. The lowest BCUT2D eigenvalue weighted by atomic mass is 10.1. The summed E-state index contributed by atoms with van der Waals surface area (Å²) < 4.78 is 32.8. The molecule has 35 heavy (non-hydrogen) atoms. The molecule has 2 heterocycles. The van der Waals surface area contributed by atoms with Crippen molar-refractivity contribution in [3.05, 3.63) is 76.0 Å². The fraction of sp³-hybridized carbons (Fsp3) is 0.174. The van der Waals surface area contributed by atoms with Gasteiger partial charge >= 0.3 is 5.97 Å². The molecule has 0 aliphatic carbocycles. The zero-order chi connectivity index (χ0) is 25.2. The summed E-state index contributed by atoms with van der Waals surface area (Å²) in [5, 5.41) is 13.6. The maximum Gasteiger partial charge on any atom is 0.337 e. The highest BCUT2D eigenvalue weighted by molar-refractivity contribution is 7.89. The monoisotopic (exact) mass is 535 g/mol. The summed E-state index contributed by atoms with van der Waals surface area (Å²) in [4.78, 5) is 24.0. The van der Waals surface area contributed by atoms with Crippen molar-refractivity contribution in [2.24, 2.45) is 5.10 Å². The molecule has 4 rings (SSSR count). The third-order valence-corrected chi connectivity index (χ3v) is 7.91. The number of halogens is 2. The standard InChI is InChI=1S/C23H19Cl2N3O6S/c24-15-4-7-17(8-5-15)35(32,33)28-11-1-2-20(28)22(29)27-26-13-16-6-10-21(34-16)14-3-9-19(25)18(12-14)23(30)31/h3-10,12-13,20H,1-2,11H2,(H,27,29)(H,30,31)/b26-13-/t20-/m0/s1. The summed E-state index contributed by atoms with van der Waals surface area (Å²) in [6.45, 7) is 0.216. The van der Waals surface area contributed by atoms with Gasteiger partial charge in [-0.1, -0.05) is 23.2 Å². The van der Waals surface area contributed by atoms with E-state index in [2.05, 4.69) is 10.5 Å². The number of benzene rings is 2. The first-order valence-electron chi connectivity index (χ1n) is 10.4. The number of furan rings is 1. The summed E-state index contributed by atoms with van der Waals surface area (Å²) in [7, 11) is -3.87. The fourth-order valence-electron chi connectivity index (χ4n) is 3.69. The summed E-state index contributed by atoms with van der Waals surface area (Å²) >= 11 is 11.7. The largest absolute Gasteiger partial charge is 0.478 e. The van der Waals surface area contributed by atoms with Crippen LogP contribution in [0.15, 0.2) is 69.0 Å². The minimum atomic E-state index is -3.87. The number of rotatable bonds is 7. The molecule has 0 spiro atoms. The van der Waals surface area contributed by atoms with Crippen LogP contribution < -0.4 is 5.43 Å². The third-order valence-electron chi connectivity index (χ3n) is 5.40. The van der Waals surface area contributed by atoms with E-state index in [0.717, 1.165) is 4.31 Å². The van der Waals surface area contributed by atoms with Crippen LogP contribution in [0, 0.1) is 0 Å². The van der Waals surface area contributed by atoms with Crippen molar-refractivity contribution in [2.45, 2.75) is 23.8 Å². The molecule has 1 aromatic heterocycles. The zero-order valence-electron chi connectivity index (χ0n) is 18.0. The first kappa shape index (κ1) is 24.9. The van der Waals surface area contributed by atoms with E-state index >= 15 is 0 Å². The van der Waals surface area contributed by atoms with Crippen LogP contribution in [0.5, 0.6) is 0 Å². The maximum atomic E-state index is 13.0. The van der Waals surface area contributed by atoms with Gasteiger partial charge in [-0.2, -0.15) is 9.41 Å². The van der Waals surface area contributed by atoms with Crippen molar-refractivity contribution < 1.29 is 27.5 Å². The highest BCUT2D eigenvalue weighted by Gasteiger charge is 2.39. The molecule has 2 aromatic carbocycles. The van der Waals surface area contributed by atoms with Gasteiger partial charge in [-0.3, -0.25) is 4.79 Å². The number of carboxylic acids is 1. The van der Waals surface area contributed by atoms with Gasteiger partial charge in [0.2, 0.25) is 10.0 Å². The van der Waals surface area contributed by atoms with Crippen molar-refractivity contribution in [1.82, 2.24) is 9.73 Å². The number of hydrogen-bond donors (Lipinski definition) is 2. The van der Waals surface area contributed by atoms with Crippen LogP contribution in [0.25, 0.3) is 11.3 Å². The highest BCUT2D eigenvalue weighted by Crippen LogP contribution is 2.28. The van der Waals surface area contributed by atoms with Gasteiger partial charge in [0.05, 0.1) is 21.7 Å². The minimum absolute atomic E-state index is 0.0569. The molecule has 12 heteroatoms. The van der Waals surface area contributed by atoms with E-state index in [1.54, 1.807) is 18.2 Å². The Morgan fingerprint density at radius 2 is 1.86 bits per heavy atom. The number of nitrogens with one attached hydrogen (secondary N) is 1. The van der Waals surface area contributed by atoms with Crippen LogP contribution in [-0.4, -0.2) is 48.5 Å². The number of carbonyl (C=O) groups excluding carboxylic acids is 1. The van der Waals surface area contributed by atoms with Gasteiger partial charge in [0, 0.05) is 17.1 Å². The molecule has 182 valence electrons. The molecular weight excluding hydrogens is 517 g/mol. The first-order chi connectivity index (χ1) is 16.7. The van der Waals surface area contributed by atoms with Crippen molar-refractivity contribution in [1.29, 1.82) is 0 Å². The second-order valence-electron chi connectivity index (χ2n) is 7.66. The average Bonchev–Trinajstić information content (AvgIpc) is 3.50. The SMILES string of the molecule is O=C(O)c1cc(-c2ccc(/C=N\NC(=O)[C@@H]3CCCN3S(=O)(=O)c3ccc(Cl)cc3)o2)ccc1Cl. The second kappa shape index (κ2) is 10.2. The Kier molecular flexibility index (Phi) is 7.27. The van der Waals surface area contributed by atoms with Crippen LogP contribution in [0.2, 0.25) is 10.0 Å². The molecule has 0 unspecified atom stereocenters. The average molecular weight is 536 g/mol. The Hall–Kier alpha value is -3.18. The van der Waals surface area contributed by atoms with Gasteiger partial charge in [-0.15, -0.1) is 0 Å². The zero-order valence-corrected chi connectivity index (χ0v) is 20.3. The van der Waals surface area contributed by atoms with E-state index in [9.17, 15) is 23.1 Å². The van der Waals surface area contributed by atoms with Crippen LogP contribution in [-0.2, 0) is 14.8 Å². The van der Waals surface area contributed by atoms with E-state index < -0.39 is 27.9 Å². The number of amides is 1. The molecule has 0 saturated carbocycles. The van der Waals surface area contributed by atoms with Gasteiger partial charge in [0.25, 0.3) is 5.91 Å². The van der Waals surface area contributed by atoms with E-state index in [-0.39, 0.29) is 22.0 Å². The Balaban J connectivity index is 1.43. The van der Waals surface area contributed by atoms with Crippen molar-refractivity contribution in [2.75, 3.05) is 6.54 Å². The van der Waals surface area contributed by atoms with Gasteiger partial charge < -0.3 is 9.52 Å². The lowest BCUT2D eigenvalue weighted by Gasteiger charge is -2.22. The molecule has 1 atom stereocenters. The summed E-state index contributed by atoms with van der Waals surface area (Å²) in [5.74, 6) is -1.05. The van der Waals surface area contributed by atoms with E-state index in [0.29, 0.717) is 34.9 Å². The van der Waals surface area contributed by atoms with Gasteiger partial charge in [0.1, 0.15) is 17.6 Å². The molecule has 3 aromatic rings. The Bertz CT molecular complexity index is 1400. The molecule has 9 nitrogen and oxygen atoms in total. The summed E-state index contributed by atoms with van der Waals surface area (Å²) in [6, 6.07) is 12.5. The number of hydrazone groups is 1. The number of aromatic carboxylic acids is 1. The fourth-order valence-corrected chi connectivity index (χ4v) is 5.67. The molecule has 0 radical (unpaired) electrons. The molecule has 1 amide bonds. The first-order valence-corrected chi connectivity index (χ1v) is 12.6. The summed E-state index contributed by atoms with van der Waals surface area (Å²) in [6.07, 6.45) is 2.17. The van der Waals surface area contributed by atoms with E-state index in [1.165, 1.54) is 42.6 Å². The van der Waals surface area contributed by atoms with Gasteiger partial charge in [-0.05, 0) is 67.4 Å². The van der Waals surface area contributed by atoms with Crippen molar-refractivity contribution in [3.8, 4) is 11.3 Å². The maximum absolute atomic E-state index is 13.0. The highest BCUT2D eigenvalue weighted by atomic mass is 35.5. The van der Waals surface area contributed by atoms with Crippen molar-refractivity contribution >= 4 is 51.3 Å². The minimum Gasteiger partial charge on any atom is -0.478 e. The van der Waals surface area contributed by atoms with Crippen LogP contribution in [0.3, 0.4) is 0 Å². The number of sulfonamides is 1. The lowest BCUT2D eigenvalue weighted by molar-refractivity contribution is -0.124. The normalized spacial score (nSPS) is 16.6. The number of nitrogens with zero attached hydrogens (tertiary/aromatic N) is 2. The molecular formula is C23H19Cl2N3O6S. The quantitative estimate of drug-likeness (QED) is 0.343. The second-order valence-corrected chi connectivity index (χ2v) is 10.4. The molecule has 2 N–H and O–H groups in total. The lowest BCUT2D eigenvalue weighted by Crippen LogP contribution is -2.44. The number of carboxylic acid groups (broad SMARTS) is 1. The molecule has 1 aliphatic heterocycles. The van der Waals surface area contributed by atoms with Gasteiger partial charge in [0.15, 0.2) is 0 Å². The molecule has 1 saturated heterocycles. The third kappa shape index (κ3) is 5.40. The number of hydrogen-bond acceptors (Lipinski definition) is 6. The van der Waals surface area contributed by atoms with Crippen LogP contribution >= 0.6 is 23.2 Å².